The quantitative estimate of drug-likeness (QED) is 0.261. The maximum absolute atomic E-state index is 12.2. The molecule has 0 bridgehead atoms. The van der Waals surface area contributed by atoms with Gasteiger partial charge in [-0.05, 0) is 48.1 Å². The molecule has 2 aromatic carbocycles. The van der Waals surface area contributed by atoms with Crippen LogP contribution in [0.15, 0.2) is 48.5 Å². The lowest BCUT2D eigenvalue weighted by Gasteiger charge is -2.05. The van der Waals surface area contributed by atoms with Crippen LogP contribution in [0.25, 0.3) is 6.08 Å². The monoisotopic (exact) mass is 351 g/mol. The molecule has 0 aliphatic heterocycles. The van der Waals surface area contributed by atoms with Crippen molar-refractivity contribution in [1.29, 1.82) is 0 Å². The molecular formula is C20H17NO5. The largest absolute Gasteiger partial charge is 0.454 e. The summed E-state index contributed by atoms with van der Waals surface area (Å²) in [6.07, 6.45) is 5.68. The second-order valence-corrected chi connectivity index (χ2v) is 6.05. The third-order valence-corrected chi connectivity index (χ3v) is 4.26. The summed E-state index contributed by atoms with van der Waals surface area (Å²) in [6, 6.07) is 11.5. The van der Waals surface area contributed by atoms with Crippen molar-refractivity contribution < 1.29 is 19.2 Å². The fourth-order valence-electron chi connectivity index (χ4n) is 2.92. The van der Waals surface area contributed by atoms with Gasteiger partial charge in [-0.15, -0.1) is 0 Å². The van der Waals surface area contributed by atoms with E-state index in [1.807, 2.05) is 12.1 Å². The molecule has 0 aromatic heterocycles. The van der Waals surface area contributed by atoms with Gasteiger partial charge in [-0.2, -0.15) is 0 Å². The molecule has 2 aromatic rings. The van der Waals surface area contributed by atoms with Gasteiger partial charge in [-0.25, -0.2) is 4.79 Å². The minimum atomic E-state index is -0.675. The lowest BCUT2D eigenvalue weighted by molar-refractivity contribution is -0.384. The number of hydrogen-bond acceptors (Lipinski definition) is 5. The van der Waals surface area contributed by atoms with Gasteiger partial charge in [0.1, 0.15) is 0 Å². The summed E-state index contributed by atoms with van der Waals surface area (Å²) in [4.78, 5) is 34.1. The highest BCUT2D eigenvalue weighted by Crippen LogP contribution is 2.23. The predicted molar refractivity (Wildman–Crippen MR) is 95.9 cm³/mol. The van der Waals surface area contributed by atoms with Crippen molar-refractivity contribution >= 4 is 23.5 Å². The highest BCUT2D eigenvalue weighted by Gasteiger charge is 2.14. The van der Waals surface area contributed by atoms with E-state index in [-0.39, 0.29) is 18.1 Å². The van der Waals surface area contributed by atoms with Crippen LogP contribution in [0, 0.1) is 10.1 Å². The molecule has 132 valence electrons. The number of benzene rings is 2. The lowest BCUT2D eigenvalue weighted by Crippen LogP contribution is -2.12. The van der Waals surface area contributed by atoms with Crippen molar-refractivity contribution in [2.45, 2.75) is 19.3 Å². The average molecular weight is 351 g/mol. The number of nitrogens with zero attached hydrogens (tertiary/aromatic N) is 1. The second-order valence-electron chi connectivity index (χ2n) is 6.05. The summed E-state index contributed by atoms with van der Waals surface area (Å²) in [6.45, 7) is -0.336. The molecule has 0 heterocycles. The molecule has 0 radical (unpaired) electrons. The van der Waals surface area contributed by atoms with Crippen LogP contribution in [0.2, 0.25) is 0 Å². The molecule has 0 unspecified atom stereocenters. The van der Waals surface area contributed by atoms with E-state index in [1.165, 1.54) is 35.4 Å². The number of ether oxygens (including phenoxy) is 1. The van der Waals surface area contributed by atoms with Crippen LogP contribution >= 0.6 is 0 Å². The maximum atomic E-state index is 12.2. The Labute approximate surface area is 150 Å². The van der Waals surface area contributed by atoms with E-state index in [1.54, 1.807) is 12.1 Å². The molecule has 6 nitrogen and oxygen atoms in total. The van der Waals surface area contributed by atoms with E-state index in [2.05, 4.69) is 0 Å². The SMILES string of the molecule is O=C(/C=C/c1cccc([N+](=O)[O-])c1)OCC(=O)c1ccc2c(c1)CCC2. The molecule has 0 atom stereocenters. The Kier molecular flexibility index (Phi) is 5.22. The summed E-state index contributed by atoms with van der Waals surface area (Å²) in [5.74, 6) is -0.928. The first-order valence-corrected chi connectivity index (χ1v) is 8.27. The molecule has 26 heavy (non-hydrogen) atoms. The molecule has 1 aliphatic carbocycles. The number of fused-ring (bicyclic) bond motifs is 1. The first kappa shape index (κ1) is 17.5. The third-order valence-electron chi connectivity index (χ3n) is 4.26. The van der Waals surface area contributed by atoms with Crippen LogP contribution in [0.4, 0.5) is 5.69 Å². The molecule has 0 saturated heterocycles. The van der Waals surface area contributed by atoms with Gasteiger partial charge in [0.15, 0.2) is 12.4 Å². The number of esters is 1. The number of nitro benzene ring substituents is 1. The number of aryl methyl sites for hydroxylation is 2. The molecule has 0 saturated carbocycles. The van der Waals surface area contributed by atoms with Crippen LogP contribution in [0.1, 0.15) is 33.5 Å². The Bertz CT molecular complexity index is 901. The molecule has 1 aliphatic rings. The zero-order chi connectivity index (χ0) is 18.5. The van der Waals surface area contributed by atoms with Gasteiger partial charge in [-0.1, -0.05) is 24.3 Å². The van der Waals surface area contributed by atoms with Gasteiger partial charge in [-0.3, -0.25) is 14.9 Å². The number of hydrogen-bond donors (Lipinski definition) is 0. The molecule has 3 rings (SSSR count). The fourth-order valence-corrected chi connectivity index (χ4v) is 2.92. The van der Waals surface area contributed by atoms with Crippen molar-refractivity contribution in [3.05, 3.63) is 80.9 Å². The highest BCUT2D eigenvalue weighted by atomic mass is 16.6. The first-order chi connectivity index (χ1) is 12.5. The Morgan fingerprint density at radius 3 is 2.73 bits per heavy atom. The number of carbonyl (C=O) groups excluding carboxylic acids is 2. The third kappa shape index (κ3) is 4.22. The number of Topliss-reactive ketones (excluding diaryl/α,β-unsaturated/α-hetero) is 1. The zero-order valence-corrected chi connectivity index (χ0v) is 14.0. The standard InChI is InChI=1S/C20H17NO5/c22-19(17-9-8-15-4-2-5-16(15)12-17)13-26-20(23)10-7-14-3-1-6-18(11-14)21(24)25/h1,3,6-12H,2,4-5,13H2/b10-7+. The average Bonchev–Trinajstić information content (AvgIpc) is 3.12. The topological polar surface area (TPSA) is 86.5 Å². The molecule has 0 fully saturated rings. The van der Waals surface area contributed by atoms with Gasteiger partial charge >= 0.3 is 5.97 Å². The van der Waals surface area contributed by atoms with Crippen molar-refractivity contribution in [1.82, 2.24) is 0 Å². The summed E-state index contributed by atoms with van der Waals surface area (Å²) in [5.41, 5.74) is 3.45. The summed E-state index contributed by atoms with van der Waals surface area (Å²) in [5, 5.41) is 10.7. The Morgan fingerprint density at radius 1 is 1.12 bits per heavy atom. The van der Waals surface area contributed by atoms with Gasteiger partial charge in [0.2, 0.25) is 0 Å². The minimum Gasteiger partial charge on any atom is -0.454 e. The summed E-state index contributed by atoms with van der Waals surface area (Å²) in [7, 11) is 0. The Morgan fingerprint density at radius 2 is 1.92 bits per heavy atom. The maximum Gasteiger partial charge on any atom is 0.331 e. The lowest BCUT2D eigenvalue weighted by atomic mass is 10.0. The van der Waals surface area contributed by atoms with E-state index >= 15 is 0 Å². The van der Waals surface area contributed by atoms with Crippen LogP contribution in [-0.2, 0) is 22.4 Å². The van der Waals surface area contributed by atoms with Crippen molar-refractivity contribution in [2.75, 3.05) is 6.61 Å². The zero-order valence-electron chi connectivity index (χ0n) is 14.0. The number of nitro groups is 1. The molecule has 0 spiro atoms. The van der Waals surface area contributed by atoms with Gasteiger partial charge in [0, 0.05) is 23.8 Å². The van der Waals surface area contributed by atoms with E-state index in [0.717, 1.165) is 25.3 Å². The number of non-ortho nitro benzene ring substituents is 1. The first-order valence-electron chi connectivity index (χ1n) is 8.27. The van der Waals surface area contributed by atoms with Crippen LogP contribution in [0.3, 0.4) is 0 Å². The van der Waals surface area contributed by atoms with E-state index in [0.29, 0.717) is 11.1 Å². The summed E-state index contributed by atoms with van der Waals surface area (Å²) < 4.78 is 4.97. The Hall–Kier alpha value is -3.28. The highest BCUT2D eigenvalue weighted by molar-refractivity contribution is 5.99. The second kappa shape index (κ2) is 7.74. The molecule has 0 N–H and O–H groups in total. The van der Waals surface area contributed by atoms with Crippen LogP contribution in [-0.4, -0.2) is 23.3 Å². The fraction of sp³-hybridized carbons (Fsp3) is 0.200. The minimum absolute atomic E-state index is 0.0627. The number of ketones is 1. The van der Waals surface area contributed by atoms with Crippen molar-refractivity contribution in [2.24, 2.45) is 0 Å². The van der Waals surface area contributed by atoms with Crippen molar-refractivity contribution in [3.8, 4) is 0 Å². The van der Waals surface area contributed by atoms with Gasteiger partial charge < -0.3 is 4.74 Å². The number of carbonyl (C=O) groups is 2. The van der Waals surface area contributed by atoms with E-state index < -0.39 is 10.9 Å². The Balaban J connectivity index is 1.56. The van der Waals surface area contributed by atoms with Crippen LogP contribution < -0.4 is 0 Å². The molecule has 0 amide bonds. The number of rotatable bonds is 6. The van der Waals surface area contributed by atoms with Gasteiger partial charge in [0.05, 0.1) is 4.92 Å². The van der Waals surface area contributed by atoms with E-state index in [4.69, 9.17) is 4.74 Å². The van der Waals surface area contributed by atoms with Gasteiger partial charge in [0.25, 0.3) is 5.69 Å². The van der Waals surface area contributed by atoms with Crippen LogP contribution in [0.5, 0.6) is 0 Å². The summed E-state index contributed by atoms with van der Waals surface area (Å²) >= 11 is 0. The molecule has 6 heteroatoms. The predicted octanol–water partition coefficient (Wildman–Crippen LogP) is 3.52. The van der Waals surface area contributed by atoms with Crippen molar-refractivity contribution in [3.63, 3.8) is 0 Å². The smallest absolute Gasteiger partial charge is 0.331 e. The van der Waals surface area contributed by atoms with E-state index in [9.17, 15) is 19.7 Å². The normalized spacial score (nSPS) is 12.8. The molecular weight excluding hydrogens is 334 g/mol.